The van der Waals surface area contributed by atoms with Gasteiger partial charge in [-0.1, -0.05) is 0 Å². The molecule has 0 spiro atoms. The summed E-state index contributed by atoms with van der Waals surface area (Å²) >= 11 is 0. The summed E-state index contributed by atoms with van der Waals surface area (Å²) in [5, 5.41) is 13.8. The zero-order valence-corrected chi connectivity index (χ0v) is 10.1. The zero-order valence-electron chi connectivity index (χ0n) is 10.1. The number of hydrogen-bond acceptors (Lipinski definition) is 4. The molecule has 2 unspecified atom stereocenters. The smallest absolute Gasteiger partial charge is 0.0815 e. The van der Waals surface area contributed by atoms with Gasteiger partial charge < -0.3 is 19.9 Å². The van der Waals surface area contributed by atoms with Crippen LogP contribution in [0.3, 0.4) is 0 Å². The van der Waals surface area contributed by atoms with Gasteiger partial charge in [0.05, 0.1) is 11.7 Å². The van der Waals surface area contributed by atoms with Crippen molar-refractivity contribution in [3.63, 3.8) is 0 Å². The Morgan fingerprint density at radius 3 is 2.75 bits per heavy atom. The molecule has 0 amide bonds. The molecule has 2 heterocycles. The maximum atomic E-state index is 10.3. The number of rotatable bonds is 3. The third-order valence-corrected chi connectivity index (χ3v) is 3.63. The lowest BCUT2D eigenvalue weighted by Gasteiger charge is -2.35. The Bertz CT molecular complexity index is 216. The van der Waals surface area contributed by atoms with Crippen LogP contribution in [0.4, 0.5) is 0 Å². The molecule has 4 nitrogen and oxygen atoms in total. The molecule has 2 saturated heterocycles. The van der Waals surface area contributed by atoms with Gasteiger partial charge in [0.1, 0.15) is 0 Å². The minimum Gasteiger partial charge on any atom is -0.388 e. The zero-order chi connectivity index (χ0) is 11.4. The highest BCUT2D eigenvalue weighted by Gasteiger charge is 2.30. The fraction of sp³-hybridized carbons (Fsp3) is 1.00. The van der Waals surface area contributed by atoms with Gasteiger partial charge in [0.15, 0.2) is 0 Å². The largest absolute Gasteiger partial charge is 0.388 e. The van der Waals surface area contributed by atoms with Gasteiger partial charge in [-0.25, -0.2) is 0 Å². The van der Waals surface area contributed by atoms with Crippen molar-refractivity contribution in [2.45, 2.75) is 50.4 Å². The van der Waals surface area contributed by atoms with Crippen molar-refractivity contribution < 1.29 is 14.6 Å². The van der Waals surface area contributed by atoms with E-state index in [-0.39, 0.29) is 0 Å². The Morgan fingerprint density at radius 1 is 1.31 bits per heavy atom. The van der Waals surface area contributed by atoms with Crippen molar-refractivity contribution in [2.24, 2.45) is 0 Å². The van der Waals surface area contributed by atoms with Crippen LogP contribution < -0.4 is 5.32 Å². The van der Waals surface area contributed by atoms with E-state index >= 15 is 0 Å². The van der Waals surface area contributed by atoms with Crippen LogP contribution in [0.25, 0.3) is 0 Å². The highest BCUT2D eigenvalue weighted by atomic mass is 16.5. The maximum absolute atomic E-state index is 10.3. The molecule has 2 atom stereocenters. The van der Waals surface area contributed by atoms with Crippen molar-refractivity contribution >= 4 is 0 Å². The first kappa shape index (κ1) is 12.3. The molecule has 4 heteroatoms. The van der Waals surface area contributed by atoms with E-state index in [1.54, 1.807) is 0 Å². The van der Waals surface area contributed by atoms with Crippen LogP contribution in [0.5, 0.6) is 0 Å². The van der Waals surface area contributed by atoms with E-state index in [0.717, 1.165) is 32.3 Å². The number of aliphatic hydroxyl groups is 1. The summed E-state index contributed by atoms with van der Waals surface area (Å²) < 4.78 is 10.8. The Labute approximate surface area is 97.3 Å². The third-order valence-electron chi connectivity index (χ3n) is 3.63. The van der Waals surface area contributed by atoms with Crippen LogP contribution in [0.2, 0.25) is 0 Å². The molecule has 2 fully saturated rings. The van der Waals surface area contributed by atoms with Crippen LogP contribution in [0.15, 0.2) is 0 Å². The first-order valence-electron chi connectivity index (χ1n) is 6.33. The minimum absolute atomic E-state index is 0.343. The summed E-state index contributed by atoms with van der Waals surface area (Å²) in [4.78, 5) is 0. The molecule has 2 N–H and O–H groups in total. The Kier molecular flexibility index (Phi) is 4.19. The van der Waals surface area contributed by atoms with E-state index < -0.39 is 5.60 Å². The van der Waals surface area contributed by atoms with Crippen molar-refractivity contribution in [1.82, 2.24) is 5.32 Å². The molecule has 16 heavy (non-hydrogen) atoms. The van der Waals surface area contributed by atoms with Gasteiger partial charge in [-0.2, -0.15) is 0 Å². The molecular weight excluding hydrogens is 206 g/mol. The van der Waals surface area contributed by atoms with Gasteiger partial charge in [0, 0.05) is 45.2 Å². The van der Waals surface area contributed by atoms with Gasteiger partial charge in [0.2, 0.25) is 0 Å². The van der Waals surface area contributed by atoms with Gasteiger partial charge in [0.25, 0.3) is 0 Å². The van der Waals surface area contributed by atoms with Gasteiger partial charge in [-0.05, 0) is 19.8 Å². The van der Waals surface area contributed by atoms with Crippen molar-refractivity contribution in [2.75, 3.05) is 26.4 Å². The molecule has 0 radical (unpaired) electrons. The van der Waals surface area contributed by atoms with Gasteiger partial charge in [-0.3, -0.25) is 0 Å². The monoisotopic (exact) mass is 229 g/mol. The topological polar surface area (TPSA) is 50.7 Å². The SMILES string of the molecule is CC1CC(NCC2(O)CCOCC2)CCO1. The Hall–Kier alpha value is -0.160. The average Bonchev–Trinajstić information content (AvgIpc) is 2.28. The van der Waals surface area contributed by atoms with E-state index in [9.17, 15) is 5.11 Å². The van der Waals surface area contributed by atoms with Gasteiger partial charge >= 0.3 is 0 Å². The normalized spacial score (nSPS) is 34.9. The molecule has 2 aliphatic rings. The lowest BCUT2D eigenvalue weighted by Crippen LogP contribution is -2.49. The summed E-state index contributed by atoms with van der Waals surface area (Å²) in [5.74, 6) is 0. The molecule has 0 aromatic rings. The predicted octanol–water partition coefficient (Wildman–Crippen LogP) is 0.685. The Balaban J connectivity index is 1.73. The molecule has 0 saturated carbocycles. The number of hydrogen-bond donors (Lipinski definition) is 2. The van der Waals surface area contributed by atoms with E-state index in [4.69, 9.17) is 9.47 Å². The first-order valence-corrected chi connectivity index (χ1v) is 6.33. The van der Waals surface area contributed by atoms with Crippen LogP contribution in [-0.2, 0) is 9.47 Å². The van der Waals surface area contributed by atoms with Crippen molar-refractivity contribution in [3.05, 3.63) is 0 Å². The number of nitrogens with one attached hydrogen (secondary N) is 1. The quantitative estimate of drug-likeness (QED) is 0.747. The second kappa shape index (κ2) is 5.45. The molecule has 0 bridgehead atoms. The standard InChI is InChI=1S/C12H23NO3/c1-10-8-11(2-5-16-10)13-9-12(14)3-6-15-7-4-12/h10-11,13-14H,2-9H2,1H3. The Morgan fingerprint density at radius 2 is 2.06 bits per heavy atom. The van der Waals surface area contributed by atoms with Crippen LogP contribution >= 0.6 is 0 Å². The predicted molar refractivity (Wildman–Crippen MR) is 61.4 cm³/mol. The fourth-order valence-electron chi connectivity index (χ4n) is 2.45. The minimum atomic E-state index is -0.556. The number of ether oxygens (including phenoxy) is 2. The summed E-state index contributed by atoms with van der Waals surface area (Å²) in [5.41, 5.74) is -0.556. The second-order valence-electron chi connectivity index (χ2n) is 5.12. The summed E-state index contributed by atoms with van der Waals surface area (Å²) in [6, 6.07) is 0.496. The summed E-state index contributed by atoms with van der Waals surface area (Å²) in [7, 11) is 0. The van der Waals surface area contributed by atoms with E-state index in [0.29, 0.717) is 31.9 Å². The summed E-state index contributed by atoms with van der Waals surface area (Å²) in [6.07, 6.45) is 3.94. The molecule has 0 aliphatic carbocycles. The average molecular weight is 229 g/mol. The highest BCUT2D eigenvalue weighted by molar-refractivity contribution is 4.86. The summed E-state index contributed by atoms with van der Waals surface area (Å²) in [6.45, 7) is 5.00. The molecule has 0 aromatic carbocycles. The van der Waals surface area contributed by atoms with E-state index in [1.165, 1.54) is 0 Å². The van der Waals surface area contributed by atoms with Gasteiger partial charge in [-0.15, -0.1) is 0 Å². The lowest BCUT2D eigenvalue weighted by molar-refractivity contribution is -0.0661. The maximum Gasteiger partial charge on any atom is 0.0815 e. The highest BCUT2D eigenvalue weighted by Crippen LogP contribution is 2.21. The third kappa shape index (κ3) is 3.42. The lowest BCUT2D eigenvalue weighted by atomic mass is 9.93. The fourth-order valence-corrected chi connectivity index (χ4v) is 2.45. The van der Waals surface area contributed by atoms with Crippen molar-refractivity contribution in [3.8, 4) is 0 Å². The van der Waals surface area contributed by atoms with Crippen LogP contribution in [-0.4, -0.2) is 49.2 Å². The second-order valence-corrected chi connectivity index (χ2v) is 5.12. The van der Waals surface area contributed by atoms with Crippen LogP contribution in [0, 0.1) is 0 Å². The molecule has 0 aromatic heterocycles. The molecule has 94 valence electrons. The molecule has 2 aliphatic heterocycles. The van der Waals surface area contributed by atoms with Crippen molar-refractivity contribution in [1.29, 1.82) is 0 Å². The first-order chi connectivity index (χ1) is 7.68. The van der Waals surface area contributed by atoms with E-state index in [2.05, 4.69) is 12.2 Å². The molecule has 2 rings (SSSR count). The van der Waals surface area contributed by atoms with Crippen LogP contribution in [0.1, 0.15) is 32.6 Å². The van der Waals surface area contributed by atoms with E-state index in [1.807, 2.05) is 0 Å². The molecular formula is C12H23NO3.